The predicted molar refractivity (Wildman–Crippen MR) is 107 cm³/mol. The molecule has 0 spiro atoms. The van der Waals surface area contributed by atoms with E-state index in [2.05, 4.69) is 0 Å². The van der Waals surface area contributed by atoms with E-state index in [0.717, 1.165) is 0 Å². The summed E-state index contributed by atoms with van der Waals surface area (Å²) in [6.07, 6.45) is 0. The van der Waals surface area contributed by atoms with E-state index in [1.165, 1.54) is 30.9 Å². The first kappa shape index (κ1) is 20.8. The van der Waals surface area contributed by atoms with Crippen molar-refractivity contribution in [2.45, 2.75) is 25.0 Å². The van der Waals surface area contributed by atoms with E-state index in [4.69, 9.17) is 19.9 Å². The van der Waals surface area contributed by atoms with E-state index >= 15 is 0 Å². The van der Waals surface area contributed by atoms with E-state index in [1.807, 2.05) is 0 Å². The zero-order valence-corrected chi connectivity index (χ0v) is 17.4. The number of hydrogen-bond donors (Lipinski definition) is 1. The second-order valence-corrected chi connectivity index (χ2v) is 7.67. The lowest BCUT2D eigenvalue weighted by atomic mass is 9.82. The molecule has 0 saturated carbocycles. The second-order valence-electron chi connectivity index (χ2n) is 6.34. The first-order valence-corrected chi connectivity index (χ1v) is 9.88. The SMILES string of the molecule is CCOC(=O)C1=C(N)N2C(=O)[C@@H](C)SC2=C(C(=O)OC)[C@@H]1c1ccccc1OC. The summed E-state index contributed by atoms with van der Waals surface area (Å²) < 4.78 is 15.7. The van der Waals surface area contributed by atoms with Crippen molar-refractivity contribution in [1.82, 2.24) is 4.90 Å². The van der Waals surface area contributed by atoms with E-state index in [1.54, 1.807) is 38.1 Å². The van der Waals surface area contributed by atoms with Crippen LogP contribution in [0.2, 0.25) is 0 Å². The average Bonchev–Trinajstić information content (AvgIpc) is 3.01. The van der Waals surface area contributed by atoms with Gasteiger partial charge >= 0.3 is 11.9 Å². The topological polar surface area (TPSA) is 108 Å². The fraction of sp³-hybridized carbons (Fsp3) is 0.350. The number of nitrogens with zero attached hydrogens (tertiary/aromatic N) is 1. The average molecular weight is 418 g/mol. The molecule has 8 nitrogen and oxygen atoms in total. The van der Waals surface area contributed by atoms with Gasteiger partial charge in [-0.3, -0.25) is 9.69 Å². The normalized spacial score (nSPS) is 21.2. The summed E-state index contributed by atoms with van der Waals surface area (Å²) in [5, 5.41) is -0.112. The minimum absolute atomic E-state index is 0.00329. The van der Waals surface area contributed by atoms with Gasteiger partial charge < -0.3 is 19.9 Å². The summed E-state index contributed by atoms with van der Waals surface area (Å²) in [6.45, 7) is 3.48. The van der Waals surface area contributed by atoms with Crippen LogP contribution >= 0.6 is 11.8 Å². The summed E-state index contributed by atoms with van der Waals surface area (Å²) in [6, 6.07) is 6.99. The highest BCUT2D eigenvalue weighted by Gasteiger charge is 2.49. The number of esters is 2. The Bertz CT molecular complexity index is 939. The number of rotatable bonds is 5. The zero-order chi connectivity index (χ0) is 21.3. The number of amides is 1. The van der Waals surface area contributed by atoms with Crippen molar-refractivity contribution in [3.8, 4) is 5.75 Å². The lowest BCUT2D eigenvalue weighted by molar-refractivity contribution is -0.139. The molecular weight excluding hydrogens is 396 g/mol. The molecule has 0 bridgehead atoms. The Kier molecular flexibility index (Phi) is 5.88. The molecule has 9 heteroatoms. The fourth-order valence-electron chi connectivity index (χ4n) is 3.46. The number of carbonyl (C=O) groups excluding carboxylic acids is 3. The standard InChI is InChI=1S/C20H22N2O6S/c1-5-28-20(25)14-13(11-8-6-7-9-12(11)26-3)15(19(24)27-4)18-22(16(14)21)17(23)10(2)29-18/h6-10,13H,5,21H2,1-4H3/t10-,13-/m1/s1. The molecule has 1 aromatic carbocycles. The van der Waals surface area contributed by atoms with Crippen molar-refractivity contribution in [2.75, 3.05) is 20.8 Å². The second kappa shape index (κ2) is 8.20. The highest BCUT2D eigenvalue weighted by molar-refractivity contribution is 8.04. The number of thioether (sulfide) groups is 1. The van der Waals surface area contributed by atoms with Crippen LogP contribution in [0, 0.1) is 0 Å². The van der Waals surface area contributed by atoms with Crippen LogP contribution in [0.25, 0.3) is 0 Å². The summed E-state index contributed by atoms with van der Waals surface area (Å²) in [4.78, 5) is 39.7. The van der Waals surface area contributed by atoms with Gasteiger partial charge in [0.1, 0.15) is 11.6 Å². The first-order valence-electron chi connectivity index (χ1n) is 9.00. The highest BCUT2D eigenvalue weighted by Crippen LogP contribution is 2.51. The van der Waals surface area contributed by atoms with E-state index in [9.17, 15) is 14.4 Å². The molecule has 0 radical (unpaired) electrons. The molecule has 1 aromatic rings. The van der Waals surface area contributed by atoms with Crippen LogP contribution in [0.5, 0.6) is 5.75 Å². The first-order chi connectivity index (χ1) is 13.9. The molecule has 29 heavy (non-hydrogen) atoms. The molecule has 0 aliphatic carbocycles. The molecule has 0 unspecified atom stereocenters. The van der Waals surface area contributed by atoms with Gasteiger partial charge in [0.2, 0.25) is 5.91 Å². The Labute approximate surface area is 172 Å². The Balaban J connectivity index is 2.35. The molecule has 2 atom stereocenters. The molecule has 3 rings (SSSR count). The Morgan fingerprint density at radius 3 is 2.48 bits per heavy atom. The maximum Gasteiger partial charge on any atom is 0.338 e. The number of carbonyl (C=O) groups is 3. The molecule has 2 N–H and O–H groups in total. The fourth-order valence-corrected chi connectivity index (χ4v) is 4.63. The maximum atomic E-state index is 12.9. The van der Waals surface area contributed by atoms with E-state index < -0.39 is 23.1 Å². The van der Waals surface area contributed by atoms with Crippen LogP contribution in [0.1, 0.15) is 25.3 Å². The number of fused-ring (bicyclic) bond motifs is 1. The molecule has 1 amide bonds. The van der Waals surface area contributed by atoms with Gasteiger partial charge in [-0.25, -0.2) is 9.59 Å². The Hall–Kier alpha value is -2.94. The van der Waals surface area contributed by atoms with Gasteiger partial charge in [-0.1, -0.05) is 30.0 Å². The van der Waals surface area contributed by atoms with Crippen LogP contribution in [0.4, 0.5) is 0 Å². The molecule has 0 aromatic heterocycles. The number of hydrogen-bond acceptors (Lipinski definition) is 8. The van der Waals surface area contributed by atoms with Crippen molar-refractivity contribution in [2.24, 2.45) is 5.73 Å². The monoisotopic (exact) mass is 418 g/mol. The van der Waals surface area contributed by atoms with Gasteiger partial charge in [0.15, 0.2) is 0 Å². The minimum atomic E-state index is -0.908. The third-order valence-corrected chi connectivity index (χ3v) is 5.92. The van der Waals surface area contributed by atoms with Gasteiger partial charge in [0, 0.05) is 5.56 Å². The van der Waals surface area contributed by atoms with Gasteiger partial charge in [-0.15, -0.1) is 0 Å². The van der Waals surface area contributed by atoms with Gasteiger partial charge in [-0.05, 0) is 19.9 Å². The molecule has 1 saturated heterocycles. The Morgan fingerprint density at radius 1 is 1.17 bits per heavy atom. The molecule has 2 heterocycles. The molecule has 2 aliphatic heterocycles. The van der Waals surface area contributed by atoms with Crippen molar-refractivity contribution in [1.29, 1.82) is 0 Å². The zero-order valence-electron chi connectivity index (χ0n) is 16.6. The third-order valence-electron chi connectivity index (χ3n) is 4.73. The number of ether oxygens (including phenoxy) is 3. The van der Waals surface area contributed by atoms with Crippen LogP contribution in [-0.4, -0.2) is 48.8 Å². The molecule has 1 fully saturated rings. The van der Waals surface area contributed by atoms with Crippen molar-refractivity contribution < 1.29 is 28.6 Å². The maximum absolute atomic E-state index is 12.9. The number of para-hydroxylation sites is 1. The highest BCUT2D eigenvalue weighted by atomic mass is 32.2. The summed E-state index contributed by atoms with van der Waals surface area (Å²) in [5.74, 6) is -2.18. The quantitative estimate of drug-likeness (QED) is 0.722. The number of nitrogens with two attached hydrogens (primary N) is 1. The Morgan fingerprint density at radius 2 is 1.86 bits per heavy atom. The molecule has 154 valence electrons. The molecular formula is C20H22N2O6S. The van der Waals surface area contributed by atoms with Gasteiger partial charge in [0.25, 0.3) is 0 Å². The lowest BCUT2D eigenvalue weighted by Gasteiger charge is -2.33. The van der Waals surface area contributed by atoms with Gasteiger partial charge in [0.05, 0.1) is 48.2 Å². The smallest absolute Gasteiger partial charge is 0.338 e. The van der Waals surface area contributed by atoms with Crippen LogP contribution in [-0.2, 0) is 23.9 Å². The lowest BCUT2D eigenvalue weighted by Crippen LogP contribution is -2.40. The predicted octanol–water partition coefficient (Wildman–Crippen LogP) is 1.87. The number of methoxy groups -OCH3 is 2. The summed E-state index contributed by atoms with van der Waals surface area (Å²) in [7, 11) is 2.74. The van der Waals surface area contributed by atoms with E-state index in [-0.39, 0.29) is 29.5 Å². The molecule has 2 aliphatic rings. The number of benzene rings is 1. The third kappa shape index (κ3) is 3.35. The van der Waals surface area contributed by atoms with Crippen LogP contribution in [0.3, 0.4) is 0 Å². The van der Waals surface area contributed by atoms with E-state index in [0.29, 0.717) is 16.3 Å². The largest absolute Gasteiger partial charge is 0.496 e. The summed E-state index contributed by atoms with van der Waals surface area (Å²) in [5.41, 5.74) is 7.01. The van der Waals surface area contributed by atoms with Crippen molar-refractivity contribution in [3.63, 3.8) is 0 Å². The van der Waals surface area contributed by atoms with Crippen molar-refractivity contribution in [3.05, 3.63) is 51.8 Å². The van der Waals surface area contributed by atoms with Crippen LogP contribution < -0.4 is 10.5 Å². The minimum Gasteiger partial charge on any atom is -0.496 e. The summed E-state index contributed by atoms with van der Waals surface area (Å²) >= 11 is 1.20. The van der Waals surface area contributed by atoms with Crippen molar-refractivity contribution >= 4 is 29.6 Å². The van der Waals surface area contributed by atoms with Crippen LogP contribution in [0.15, 0.2) is 46.3 Å². The van der Waals surface area contributed by atoms with Gasteiger partial charge in [-0.2, -0.15) is 0 Å².